The van der Waals surface area contributed by atoms with E-state index in [2.05, 4.69) is 41.5 Å². The smallest absolute Gasteiger partial charge is 0.322 e. The molecule has 9 heteroatoms. The number of anilines is 1. The van der Waals surface area contributed by atoms with Crippen molar-refractivity contribution < 1.29 is 23.2 Å². The highest BCUT2D eigenvalue weighted by Gasteiger charge is 2.19. The number of aryl methyl sites for hydroxylation is 1. The summed E-state index contributed by atoms with van der Waals surface area (Å²) < 4.78 is 25.3. The Kier molecular flexibility index (Phi) is 7.85. The Morgan fingerprint density at radius 1 is 1.08 bits per heavy atom. The highest BCUT2D eigenvalue weighted by molar-refractivity contribution is 5.89. The molecule has 1 unspecified atom stereocenters. The normalized spacial score (nSPS) is 12.0. The number of halogens is 1. The van der Waals surface area contributed by atoms with Crippen LogP contribution in [0, 0.1) is 12.7 Å². The third-order valence-corrected chi connectivity index (χ3v) is 5.94. The van der Waals surface area contributed by atoms with Crippen LogP contribution >= 0.6 is 0 Å². The molecule has 1 aromatic heterocycles. The fourth-order valence-electron chi connectivity index (χ4n) is 3.79. The molecule has 0 aliphatic rings. The number of carbonyl (C=O) groups is 2. The predicted molar refractivity (Wildman–Crippen MR) is 142 cm³/mol. The van der Waals surface area contributed by atoms with E-state index < -0.39 is 18.1 Å². The number of urea groups is 1. The van der Waals surface area contributed by atoms with Gasteiger partial charge in [0.1, 0.15) is 5.82 Å². The van der Waals surface area contributed by atoms with E-state index in [0.29, 0.717) is 11.3 Å². The lowest BCUT2D eigenvalue weighted by atomic mass is 9.87. The molecule has 0 bridgehead atoms. The first-order valence-electron chi connectivity index (χ1n) is 12.1. The molecule has 38 heavy (non-hydrogen) atoms. The van der Waals surface area contributed by atoms with Gasteiger partial charge in [-0.05, 0) is 59.9 Å². The SMILES string of the molecule is Cc1ccc(-c2nc(-c3ccc(CC(NC(=O)Nc4ccc(C(C)(C)C)cc4)OC=O)cc3F)no2)cc1. The van der Waals surface area contributed by atoms with Crippen molar-refractivity contribution in [3.05, 3.63) is 89.2 Å². The molecule has 2 N–H and O–H groups in total. The second-order valence-corrected chi connectivity index (χ2v) is 9.95. The van der Waals surface area contributed by atoms with Crippen LogP contribution in [-0.2, 0) is 21.4 Å². The Hall–Kier alpha value is -4.53. The standard InChI is InChI=1S/C29H29FN4O4/c1-18-5-8-20(9-6-18)27-33-26(34-38-27)23-14-7-19(15-24(23)30)16-25(37-17-35)32-28(36)31-22-12-10-21(11-13-22)29(2,3)4/h5-15,17,25H,16H2,1-4H3,(H2,31,32,36). The molecule has 0 aliphatic heterocycles. The number of ether oxygens (including phenoxy) is 1. The molecule has 0 spiro atoms. The third-order valence-electron chi connectivity index (χ3n) is 5.94. The van der Waals surface area contributed by atoms with Crippen LogP contribution in [0.4, 0.5) is 14.9 Å². The van der Waals surface area contributed by atoms with E-state index in [4.69, 9.17) is 9.26 Å². The number of amides is 2. The van der Waals surface area contributed by atoms with E-state index in [9.17, 15) is 14.0 Å². The minimum atomic E-state index is -1.01. The van der Waals surface area contributed by atoms with Crippen molar-refractivity contribution >= 4 is 18.2 Å². The molecule has 0 radical (unpaired) electrons. The number of nitrogens with one attached hydrogen (secondary N) is 2. The second kappa shape index (κ2) is 11.2. The van der Waals surface area contributed by atoms with Crippen LogP contribution in [-0.4, -0.2) is 28.9 Å². The molecule has 196 valence electrons. The van der Waals surface area contributed by atoms with Gasteiger partial charge in [-0.3, -0.25) is 4.79 Å². The minimum Gasteiger partial charge on any atom is -0.443 e. The maximum Gasteiger partial charge on any atom is 0.322 e. The van der Waals surface area contributed by atoms with Gasteiger partial charge in [-0.25, -0.2) is 9.18 Å². The lowest BCUT2D eigenvalue weighted by molar-refractivity contribution is -0.134. The summed E-state index contributed by atoms with van der Waals surface area (Å²) in [5.74, 6) is -0.182. The topological polar surface area (TPSA) is 106 Å². The van der Waals surface area contributed by atoms with E-state index in [-0.39, 0.29) is 35.6 Å². The number of rotatable bonds is 8. The van der Waals surface area contributed by atoms with Gasteiger partial charge >= 0.3 is 6.03 Å². The number of hydrogen-bond acceptors (Lipinski definition) is 6. The molecule has 2 amide bonds. The Balaban J connectivity index is 1.41. The molecule has 1 atom stereocenters. The van der Waals surface area contributed by atoms with E-state index >= 15 is 0 Å². The van der Waals surface area contributed by atoms with Gasteiger partial charge < -0.3 is 19.9 Å². The molecule has 4 rings (SSSR count). The lowest BCUT2D eigenvalue weighted by Gasteiger charge is -2.20. The summed E-state index contributed by atoms with van der Waals surface area (Å²) in [7, 11) is 0. The van der Waals surface area contributed by atoms with E-state index in [1.165, 1.54) is 12.1 Å². The zero-order valence-corrected chi connectivity index (χ0v) is 21.6. The molecule has 0 fully saturated rings. The molecule has 0 saturated heterocycles. The first kappa shape index (κ1) is 26.5. The zero-order chi connectivity index (χ0) is 27.3. The summed E-state index contributed by atoms with van der Waals surface area (Å²) in [6, 6.07) is 18.9. The van der Waals surface area contributed by atoms with Gasteiger partial charge in [0.25, 0.3) is 12.4 Å². The summed E-state index contributed by atoms with van der Waals surface area (Å²) in [5, 5.41) is 9.20. The van der Waals surface area contributed by atoms with Gasteiger partial charge in [-0.15, -0.1) is 0 Å². The molecule has 0 aliphatic carbocycles. The monoisotopic (exact) mass is 516 g/mol. The molecule has 8 nitrogen and oxygen atoms in total. The first-order chi connectivity index (χ1) is 18.1. The van der Waals surface area contributed by atoms with Gasteiger partial charge in [0.2, 0.25) is 5.82 Å². The van der Waals surface area contributed by atoms with Crippen molar-refractivity contribution in [1.82, 2.24) is 15.5 Å². The fourth-order valence-corrected chi connectivity index (χ4v) is 3.79. The number of aromatic nitrogens is 2. The van der Waals surface area contributed by atoms with Crippen LogP contribution in [0.3, 0.4) is 0 Å². The van der Waals surface area contributed by atoms with Crippen LogP contribution in [0.25, 0.3) is 22.8 Å². The maximum absolute atomic E-state index is 15.0. The number of hydrogen-bond donors (Lipinski definition) is 2. The second-order valence-electron chi connectivity index (χ2n) is 9.95. The molecule has 1 heterocycles. The lowest BCUT2D eigenvalue weighted by Crippen LogP contribution is -2.41. The van der Waals surface area contributed by atoms with Crippen LogP contribution in [0.2, 0.25) is 0 Å². The van der Waals surface area contributed by atoms with Crippen LogP contribution in [0.1, 0.15) is 37.5 Å². The molecule has 0 saturated carbocycles. The average Bonchev–Trinajstić information content (AvgIpc) is 3.34. The van der Waals surface area contributed by atoms with Crippen molar-refractivity contribution in [1.29, 1.82) is 0 Å². The summed E-state index contributed by atoms with van der Waals surface area (Å²) in [5.41, 5.74) is 4.18. The fraction of sp³-hybridized carbons (Fsp3) is 0.241. The summed E-state index contributed by atoms with van der Waals surface area (Å²) in [6.07, 6.45) is -0.961. The van der Waals surface area contributed by atoms with Crippen molar-refractivity contribution in [3.8, 4) is 22.8 Å². The Morgan fingerprint density at radius 3 is 2.42 bits per heavy atom. The third kappa shape index (κ3) is 6.61. The number of nitrogens with zero attached hydrogens (tertiary/aromatic N) is 2. The molecular weight excluding hydrogens is 487 g/mol. The Labute approximate surface area is 220 Å². The van der Waals surface area contributed by atoms with Crippen molar-refractivity contribution in [2.24, 2.45) is 0 Å². The quantitative estimate of drug-likeness (QED) is 0.219. The summed E-state index contributed by atoms with van der Waals surface area (Å²) in [6.45, 7) is 8.51. The van der Waals surface area contributed by atoms with Crippen molar-refractivity contribution in [3.63, 3.8) is 0 Å². The Morgan fingerprint density at radius 2 is 1.79 bits per heavy atom. The van der Waals surface area contributed by atoms with Gasteiger partial charge in [0, 0.05) is 17.7 Å². The van der Waals surface area contributed by atoms with E-state index in [0.717, 1.165) is 16.7 Å². The molecular formula is C29H29FN4O4. The van der Waals surface area contributed by atoms with Crippen LogP contribution < -0.4 is 10.6 Å². The Bertz CT molecular complexity index is 1410. The van der Waals surface area contributed by atoms with E-state index in [1.54, 1.807) is 18.2 Å². The summed E-state index contributed by atoms with van der Waals surface area (Å²) >= 11 is 0. The first-order valence-corrected chi connectivity index (χ1v) is 12.1. The maximum atomic E-state index is 15.0. The molecule has 3 aromatic carbocycles. The highest BCUT2D eigenvalue weighted by Crippen LogP contribution is 2.26. The van der Waals surface area contributed by atoms with Gasteiger partial charge in [-0.2, -0.15) is 4.98 Å². The molecule has 4 aromatic rings. The van der Waals surface area contributed by atoms with Crippen molar-refractivity contribution in [2.45, 2.75) is 45.8 Å². The predicted octanol–water partition coefficient (Wildman–Crippen LogP) is 6.01. The largest absolute Gasteiger partial charge is 0.443 e. The number of carbonyl (C=O) groups excluding carboxylic acids is 2. The minimum absolute atomic E-state index is 0.0123. The highest BCUT2D eigenvalue weighted by atomic mass is 19.1. The van der Waals surface area contributed by atoms with Gasteiger partial charge in [-0.1, -0.05) is 61.8 Å². The summed E-state index contributed by atoms with van der Waals surface area (Å²) in [4.78, 5) is 27.8. The van der Waals surface area contributed by atoms with E-state index in [1.807, 2.05) is 43.3 Å². The number of benzene rings is 3. The zero-order valence-electron chi connectivity index (χ0n) is 21.6. The van der Waals surface area contributed by atoms with Crippen molar-refractivity contribution in [2.75, 3.05) is 5.32 Å². The van der Waals surface area contributed by atoms with Gasteiger partial charge in [0.15, 0.2) is 6.23 Å². The average molecular weight is 517 g/mol. The van der Waals surface area contributed by atoms with Crippen LogP contribution in [0.5, 0.6) is 0 Å². The van der Waals surface area contributed by atoms with Crippen LogP contribution in [0.15, 0.2) is 71.3 Å². The van der Waals surface area contributed by atoms with Gasteiger partial charge in [0.05, 0.1) is 5.56 Å².